The first kappa shape index (κ1) is 31.7. The van der Waals surface area contributed by atoms with Gasteiger partial charge in [0.25, 0.3) is 17.7 Å². The second kappa shape index (κ2) is 12.1. The van der Waals surface area contributed by atoms with E-state index in [1.807, 2.05) is 18.9 Å². The molecule has 3 amide bonds. The number of benzene rings is 1. The van der Waals surface area contributed by atoms with Crippen LogP contribution in [-0.4, -0.2) is 74.9 Å². The van der Waals surface area contributed by atoms with Crippen molar-refractivity contribution in [2.75, 3.05) is 25.0 Å². The van der Waals surface area contributed by atoms with E-state index in [-0.39, 0.29) is 40.8 Å². The van der Waals surface area contributed by atoms with Gasteiger partial charge in [-0.1, -0.05) is 28.0 Å². The lowest BCUT2D eigenvalue weighted by atomic mass is 9.89. The van der Waals surface area contributed by atoms with Gasteiger partial charge in [-0.15, -0.1) is 0 Å². The van der Waals surface area contributed by atoms with E-state index in [2.05, 4.69) is 26.0 Å². The molecule has 4 atom stereocenters. The van der Waals surface area contributed by atoms with Crippen LogP contribution in [0.15, 0.2) is 39.4 Å². The molecule has 0 bridgehead atoms. The Morgan fingerprint density at radius 2 is 1.55 bits per heavy atom. The van der Waals surface area contributed by atoms with Crippen LogP contribution in [-0.2, 0) is 11.8 Å². The van der Waals surface area contributed by atoms with Gasteiger partial charge in [0.05, 0.1) is 22.8 Å². The molecule has 13 nitrogen and oxygen atoms in total. The van der Waals surface area contributed by atoms with Gasteiger partial charge in [0.15, 0.2) is 11.4 Å². The fourth-order valence-corrected chi connectivity index (χ4v) is 7.51. The maximum Gasteiger partial charge on any atom is 0.274 e. The minimum Gasteiger partial charge on any atom is -0.360 e. The number of carbonyl (C=O) groups is 3. The number of nitrogens with one attached hydrogen (secondary N) is 2. The smallest absolute Gasteiger partial charge is 0.274 e. The second-order valence-corrected chi connectivity index (χ2v) is 14.1. The zero-order valence-corrected chi connectivity index (χ0v) is 28.0. The highest BCUT2D eigenvalue weighted by Gasteiger charge is 2.46. The number of rotatable bonds is 9. The Morgan fingerprint density at radius 1 is 0.918 bits per heavy atom. The van der Waals surface area contributed by atoms with Crippen molar-refractivity contribution >= 4 is 35.1 Å². The summed E-state index contributed by atoms with van der Waals surface area (Å²) in [4.78, 5) is 44.4. The Kier molecular flexibility index (Phi) is 7.82. The largest absolute Gasteiger partial charge is 0.360 e. The second-order valence-electron chi connectivity index (χ2n) is 13.8. The maximum absolute atomic E-state index is 15.9. The number of halogens is 2. The summed E-state index contributed by atoms with van der Waals surface area (Å²) in [5.41, 5.74) is 1.94. The van der Waals surface area contributed by atoms with E-state index in [9.17, 15) is 14.4 Å². The molecule has 8 rings (SSSR count). The predicted molar refractivity (Wildman–Crippen MR) is 174 cm³/mol. The molecular formula is C34H36ClFN8O5. The van der Waals surface area contributed by atoms with E-state index in [0.717, 1.165) is 25.7 Å². The number of likely N-dealkylation sites (N-methyl/N-ethyl adjacent to an activating group) is 1. The standard InChI is InChI=1S/C34H36ClFN8O5/c1-16-10-28(43(3)39-16)44-15-21(30(34(44)47)38-33(46)25-14-27(49-41-25)18-6-7-18)20-11-19(12-22(36)29(20)35)31-23(8-9-42(31)2)37-32(45)24-13-26(48-40-24)17-4-5-17/h10-14,17-18,21,23,30-31H,4-9,15H2,1-3H3,(H,37,45)(H,38,46). The van der Waals surface area contributed by atoms with E-state index in [1.165, 1.54) is 11.0 Å². The molecule has 4 fully saturated rings. The van der Waals surface area contributed by atoms with Crippen molar-refractivity contribution in [1.82, 2.24) is 35.6 Å². The summed E-state index contributed by atoms with van der Waals surface area (Å²) in [6.45, 7) is 2.57. The Hall–Kier alpha value is -4.56. The fourth-order valence-electron chi connectivity index (χ4n) is 7.26. The molecule has 2 saturated carbocycles. The molecule has 0 spiro atoms. The molecule has 5 heterocycles. The molecule has 2 aliphatic heterocycles. The summed E-state index contributed by atoms with van der Waals surface area (Å²) in [5.74, 6) is -0.280. The van der Waals surface area contributed by atoms with Gasteiger partial charge >= 0.3 is 0 Å². The number of hydrogen-bond acceptors (Lipinski definition) is 9. The molecule has 256 valence electrons. The Balaban J connectivity index is 1.11. The number of hydrogen-bond donors (Lipinski definition) is 2. The van der Waals surface area contributed by atoms with Crippen molar-refractivity contribution in [3.05, 3.63) is 80.9 Å². The SMILES string of the molecule is Cc1cc(N2CC(c3cc(C4C(NC(=O)c5cc(C6CC6)on5)CCN4C)cc(F)c3Cl)C(NC(=O)c3cc(C4CC4)on3)C2=O)n(C)n1. The van der Waals surface area contributed by atoms with Crippen molar-refractivity contribution in [1.29, 1.82) is 0 Å². The van der Waals surface area contributed by atoms with Crippen molar-refractivity contribution in [2.24, 2.45) is 7.05 Å². The predicted octanol–water partition coefficient (Wildman–Crippen LogP) is 4.36. The molecule has 0 radical (unpaired) electrons. The quantitative estimate of drug-likeness (QED) is 0.261. The van der Waals surface area contributed by atoms with Crippen molar-refractivity contribution in [3.8, 4) is 0 Å². The van der Waals surface area contributed by atoms with Crippen molar-refractivity contribution in [2.45, 2.75) is 74.9 Å². The first-order chi connectivity index (χ1) is 23.5. The molecule has 4 unspecified atom stereocenters. The van der Waals surface area contributed by atoms with Crippen LogP contribution in [0.1, 0.15) is 105 Å². The number of aromatic nitrogens is 4. The van der Waals surface area contributed by atoms with Gasteiger partial charge < -0.3 is 19.7 Å². The average molecular weight is 691 g/mol. The average Bonchev–Trinajstić information content (AvgIpc) is 3.86. The molecule has 2 N–H and O–H groups in total. The molecule has 49 heavy (non-hydrogen) atoms. The van der Waals surface area contributed by atoms with Gasteiger partial charge in [0.2, 0.25) is 0 Å². The van der Waals surface area contributed by atoms with Crippen LogP contribution >= 0.6 is 11.6 Å². The highest BCUT2D eigenvalue weighted by molar-refractivity contribution is 6.31. The summed E-state index contributed by atoms with van der Waals surface area (Å²) in [7, 11) is 3.64. The zero-order chi connectivity index (χ0) is 34.1. The Bertz CT molecular complexity index is 1960. The summed E-state index contributed by atoms with van der Waals surface area (Å²) >= 11 is 6.70. The molecular weight excluding hydrogens is 655 g/mol. The number of carbonyl (C=O) groups excluding carboxylic acids is 3. The van der Waals surface area contributed by atoms with Crippen LogP contribution in [0.25, 0.3) is 0 Å². The number of likely N-dealkylation sites (tertiary alicyclic amines) is 1. The Labute approximate surface area is 286 Å². The van der Waals surface area contributed by atoms with E-state index in [0.29, 0.717) is 53.0 Å². The summed E-state index contributed by atoms with van der Waals surface area (Å²) in [5, 5.41) is 18.1. The van der Waals surface area contributed by atoms with Gasteiger partial charge in [-0.2, -0.15) is 5.10 Å². The molecule has 2 aliphatic carbocycles. The highest BCUT2D eigenvalue weighted by atomic mass is 35.5. The molecule has 4 aliphatic rings. The van der Waals surface area contributed by atoms with Crippen LogP contribution in [0.2, 0.25) is 5.02 Å². The summed E-state index contributed by atoms with van der Waals surface area (Å²) in [6, 6.07) is 6.37. The van der Waals surface area contributed by atoms with Gasteiger partial charge in [-0.25, -0.2) is 4.39 Å². The van der Waals surface area contributed by atoms with E-state index >= 15 is 4.39 Å². The van der Waals surface area contributed by atoms with Crippen molar-refractivity contribution in [3.63, 3.8) is 0 Å². The van der Waals surface area contributed by atoms with Gasteiger partial charge in [-0.05, 0) is 63.3 Å². The van der Waals surface area contributed by atoms with E-state index < -0.39 is 35.6 Å². The van der Waals surface area contributed by atoms with E-state index in [1.54, 1.807) is 36.0 Å². The summed E-state index contributed by atoms with van der Waals surface area (Å²) in [6.07, 6.45) is 4.61. The van der Waals surface area contributed by atoms with Crippen molar-refractivity contribution < 1.29 is 27.8 Å². The third-order valence-corrected chi connectivity index (χ3v) is 10.5. The lowest BCUT2D eigenvalue weighted by molar-refractivity contribution is -0.118. The lowest BCUT2D eigenvalue weighted by Crippen LogP contribution is -2.44. The molecule has 1 aromatic carbocycles. The van der Waals surface area contributed by atoms with Crippen LogP contribution in [0.3, 0.4) is 0 Å². The molecule has 4 aromatic rings. The maximum atomic E-state index is 15.9. The summed E-state index contributed by atoms with van der Waals surface area (Å²) < 4.78 is 28.2. The zero-order valence-electron chi connectivity index (χ0n) is 27.3. The fraction of sp³-hybridized carbons (Fsp3) is 0.471. The number of nitrogens with zero attached hydrogens (tertiary/aromatic N) is 6. The first-order valence-electron chi connectivity index (χ1n) is 16.6. The third kappa shape index (κ3) is 5.90. The number of aryl methyl sites for hydroxylation is 2. The van der Waals surface area contributed by atoms with Crippen LogP contribution in [0.4, 0.5) is 10.2 Å². The lowest BCUT2D eigenvalue weighted by Gasteiger charge is -2.28. The van der Waals surface area contributed by atoms with Crippen LogP contribution in [0.5, 0.6) is 0 Å². The number of amides is 3. The van der Waals surface area contributed by atoms with Gasteiger partial charge in [0.1, 0.15) is 29.2 Å². The first-order valence-corrected chi connectivity index (χ1v) is 17.0. The normalized spacial score (nSPS) is 24.2. The Morgan fingerprint density at radius 3 is 2.14 bits per heavy atom. The third-order valence-electron chi connectivity index (χ3n) is 10.1. The minimum absolute atomic E-state index is 0.0665. The molecule has 15 heteroatoms. The molecule has 2 saturated heterocycles. The van der Waals surface area contributed by atoms with E-state index in [4.69, 9.17) is 20.6 Å². The van der Waals surface area contributed by atoms with Crippen LogP contribution in [0, 0.1) is 12.7 Å². The van der Waals surface area contributed by atoms with Gasteiger partial charge in [-0.3, -0.25) is 28.9 Å². The minimum atomic E-state index is -1.10. The monoisotopic (exact) mass is 690 g/mol. The van der Waals surface area contributed by atoms with Crippen LogP contribution < -0.4 is 15.5 Å². The van der Waals surface area contributed by atoms with Gasteiger partial charge in [0, 0.05) is 56.1 Å². The highest BCUT2D eigenvalue weighted by Crippen LogP contribution is 2.43. The topological polar surface area (TPSA) is 152 Å². The number of anilines is 1. The molecule has 3 aromatic heterocycles.